The van der Waals surface area contributed by atoms with Crippen LogP contribution in [0.5, 0.6) is 11.5 Å². The number of aliphatic hydroxyl groups is 2. The zero-order chi connectivity index (χ0) is 36.8. The van der Waals surface area contributed by atoms with Crippen LogP contribution in [0.2, 0.25) is 0 Å². The number of likely N-dealkylation sites (N-methyl/N-ethyl adjacent to an activating group) is 1. The van der Waals surface area contributed by atoms with Gasteiger partial charge in [0.1, 0.15) is 18.1 Å². The number of benzene rings is 2. The molecule has 3 aliphatic rings. The molecule has 6 unspecified atom stereocenters. The zero-order valence-electron chi connectivity index (χ0n) is 29.7. The van der Waals surface area contributed by atoms with E-state index in [-0.39, 0.29) is 60.5 Å². The van der Waals surface area contributed by atoms with Crippen molar-refractivity contribution in [2.75, 3.05) is 38.8 Å². The number of allylic oxidation sites excluding steroid dienone is 1. The van der Waals surface area contributed by atoms with Crippen LogP contribution in [-0.2, 0) is 24.4 Å². The quantitative estimate of drug-likeness (QED) is 0.0959. The van der Waals surface area contributed by atoms with Crippen LogP contribution in [-0.4, -0.2) is 85.0 Å². The van der Waals surface area contributed by atoms with E-state index in [0.717, 1.165) is 36.8 Å². The predicted octanol–water partition coefficient (Wildman–Crippen LogP) is 5.32. The largest absolute Gasteiger partial charge is 0.508 e. The lowest BCUT2D eigenvalue weighted by molar-refractivity contribution is -0.250. The van der Waals surface area contributed by atoms with Crippen molar-refractivity contribution < 1.29 is 42.8 Å². The van der Waals surface area contributed by atoms with Crippen LogP contribution in [0.4, 0.5) is 5.69 Å². The number of hydrogen-bond donors (Lipinski definition) is 4. The van der Waals surface area contributed by atoms with Gasteiger partial charge in [-0.25, -0.2) is 8.42 Å². The fourth-order valence-electron chi connectivity index (χ4n) is 8.10. The number of anilines is 1. The van der Waals surface area contributed by atoms with Crippen LogP contribution in [0.1, 0.15) is 70.3 Å². The molecule has 1 aliphatic heterocycles. The molecule has 0 radical (unpaired) electrons. The van der Waals surface area contributed by atoms with E-state index < -0.39 is 27.8 Å². The molecule has 13 heteroatoms. The highest BCUT2D eigenvalue weighted by Gasteiger charge is 2.65. The molecule has 0 aromatic heterocycles. The SMILES string of the molecule is C=CCOC12Oc3ccc(O)cc3C3C(CCCCO)C(CCCCO)C=C(C(=NOCC)CC1N(C)S(=O)(=O)c1ccc(NC(C)=O)cc1)C32. The van der Waals surface area contributed by atoms with E-state index in [1.54, 1.807) is 36.4 Å². The lowest BCUT2D eigenvalue weighted by atomic mass is 9.55. The number of phenols is 1. The maximum atomic E-state index is 14.5. The van der Waals surface area contributed by atoms with Gasteiger partial charge in [0.15, 0.2) is 0 Å². The van der Waals surface area contributed by atoms with E-state index in [2.05, 4.69) is 23.1 Å². The number of sulfonamides is 1. The number of fused-ring (bicyclic) bond motifs is 2. The van der Waals surface area contributed by atoms with Gasteiger partial charge in [-0.15, -0.1) is 6.58 Å². The third-order valence-corrected chi connectivity index (χ3v) is 12.1. The summed E-state index contributed by atoms with van der Waals surface area (Å²) >= 11 is 0. The predicted molar refractivity (Wildman–Crippen MR) is 194 cm³/mol. The number of unbranched alkanes of at least 4 members (excludes halogenated alkanes) is 2. The molecule has 4 N–H and O–H groups in total. The van der Waals surface area contributed by atoms with Crippen molar-refractivity contribution in [3.05, 3.63) is 72.3 Å². The molecule has 6 atom stereocenters. The fourth-order valence-corrected chi connectivity index (χ4v) is 9.47. The van der Waals surface area contributed by atoms with E-state index in [4.69, 9.17) is 14.3 Å². The topological polar surface area (TPSA) is 167 Å². The maximum Gasteiger partial charge on any atom is 0.243 e. The first-order chi connectivity index (χ1) is 24.5. The first-order valence-electron chi connectivity index (χ1n) is 17.8. The summed E-state index contributed by atoms with van der Waals surface area (Å²) in [5, 5.41) is 37.4. The monoisotopic (exact) mass is 725 g/mol. The number of rotatable bonds is 17. The van der Waals surface area contributed by atoms with Crippen LogP contribution in [0.25, 0.3) is 0 Å². The van der Waals surface area contributed by atoms with Crippen molar-refractivity contribution in [2.45, 2.75) is 81.4 Å². The van der Waals surface area contributed by atoms with E-state index in [9.17, 15) is 28.5 Å². The standard InChI is InChI=1S/C38H51N3O9S/c1-5-21-48-38-35(41(4)51(46,47)29-16-13-27(14-17-29)39-25(3)44)24-33(40-49-6-2)31-22-26(11-7-9-19-42)30(12-8-10-20-43)36(37(31)38)32-23-28(45)15-18-34(32)50-38/h5,13-18,22-23,26,30,35-37,42-43,45H,1,6-12,19-21,24H2,2-4H3,(H,39,44). The normalized spacial score (nSPS) is 26.1. The number of hydrogen-bond acceptors (Lipinski definition) is 10. The molecule has 0 spiro atoms. The third-order valence-electron chi connectivity index (χ3n) is 10.3. The summed E-state index contributed by atoms with van der Waals surface area (Å²) in [5.41, 5.74) is 2.70. The lowest BCUT2D eigenvalue weighted by Gasteiger charge is -2.59. The second kappa shape index (κ2) is 16.7. The molecule has 5 rings (SSSR count). The summed E-state index contributed by atoms with van der Waals surface area (Å²) < 4.78 is 44.0. The summed E-state index contributed by atoms with van der Waals surface area (Å²) in [6, 6.07) is 10.0. The highest BCUT2D eigenvalue weighted by molar-refractivity contribution is 7.89. The van der Waals surface area contributed by atoms with E-state index in [1.807, 2.05) is 6.92 Å². The summed E-state index contributed by atoms with van der Waals surface area (Å²) in [7, 11) is -2.67. The number of nitrogens with one attached hydrogen (secondary N) is 1. The molecule has 0 bridgehead atoms. The smallest absolute Gasteiger partial charge is 0.243 e. The number of carbonyl (C=O) groups excluding carboxylic acids is 1. The van der Waals surface area contributed by atoms with Gasteiger partial charge in [-0.1, -0.05) is 30.1 Å². The third kappa shape index (κ3) is 7.87. The fraction of sp³-hybridized carbons (Fsp3) is 0.526. The number of carbonyl (C=O) groups is 1. The minimum Gasteiger partial charge on any atom is -0.508 e. The number of amides is 1. The number of oxime groups is 1. The zero-order valence-corrected chi connectivity index (χ0v) is 30.5. The molecular weight excluding hydrogens is 674 g/mol. The molecule has 1 heterocycles. The van der Waals surface area contributed by atoms with Gasteiger partial charge < -0.3 is 34.9 Å². The average molecular weight is 726 g/mol. The summed E-state index contributed by atoms with van der Waals surface area (Å²) in [5.74, 6) is -2.09. The molecule has 1 fully saturated rings. The number of ether oxygens (including phenoxy) is 2. The molecule has 51 heavy (non-hydrogen) atoms. The van der Waals surface area contributed by atoms with Crippen molar-refractivity contribution in [3.8, 4) is 11.5 Å². The lowest BCUT2D eigenvalue weighted by Crippen LogP contribution is -2.69. The average Bonchev–Trinajstić information content (AvgIpc) is 3.11. The molecule has 2 aliphatic carbocycles. The first kappa shape index (κ1) is 38.5. The highest BCUT2D eigenvalue weighted by Crippen LogP contribution is 2.62. The van der Waals surface area contributed by atoms with Crippen LogP contribution >= 0.6 is 0 Å². The summed E-state index contributed by atoms with van der Waals surface area (Å²) in [6.07, 6.45) is 8.30. The molecule has 2 aromatic rings. The number of aromatic hydroxyl groups is 1. The Kier molecular flexibility index (Phi) is 12.6. The highest BCUT2D eigenvalue weighted by atomic mass is 32.2. The van der Waals surface area contributed by atoms with Crippen molar-refractivity contribution in [2.24, 2.45) is 22.9 Å². The molecule has 278 valence electrons. The molecule has 12 nitrogen and oxygen atoms in total. The van der Waals surface area contributed by atoms with E-state index in [0.29, 0.717) is 36.6 Å². The van der Waals surface area contributed by atoms with Crippen LogP contribution in [0.3, 0.4) is 0 Å². The Labute approximate surface area is 300 Å². The van der Waals surface area contributed by atoms with E-state index >= 15 is 0 Å². The number of nitrogens with zero attached hydrogens (tertiary/aromatic N) is 2. The van der Waals surface area contributed by atoms with Gasteiger partial charge in [0.05, 0.1) is 29.2 Å². The van der Waals surface area contributed by atoms with Gasteiger partial charge in [-0.3, -0.25) is 4.79 Å². The first-order valence-corrected chi connectivity index (χ1v) is 19.2. The molecule has 2 aromatic carbocycles. The van der Waals surface area contributed by atoms with Gasteiger partial charge in [0, 0.05) is 50.8 Å². The second-order valence-corrected chi connectivity index (χ2v) is 15.4. The molecule has 1 amide bonds. The Balaban J connectivity index is 1.73. The Morgan fingerprint density at radius 2 is 1.82 bits per heavy atom. The van der Waals surface area contributed by atoms with Crippen molar-refractivity contribution in [3.63, 3.8) is 0 Å². The van der Waals surface area contributed by atoms with Crippen LogP contribution < -0.4 is 10.1 Å². The Morgan fingerprint density at radius 1 is 1.12 bits per heavy atom. The molecule has 0 saturated heterocycles. The second-order valence-electron chi connectivity index (χ2n) is 13.4. The van der Waals surface area contributed by atoms with Gasteiger partial charge >= 0.3 is 0 Å². The summed E-state index contributed by atoms with van der Waals surface area (Å²) in [6.45, 7) is 7.63. The van der Waals surface area contributed by atoms with Gasteiger partial charge in [-0.2, -0.15) is 4.31 Å². The Hall–Kier alpha value is -3.75. The van der Waals surface area contributed by atoms with Crippen molar-refractivity contribution in [1.82, 2.24) is 4.31 Å². The maximum absolute atomic E-state index is 14.5. The molecular formula is C38H51N3O9S. The summed E-state index contributed by atoms with van der Waals surface area (Å²) in [4.78, 5) is 17.3. The van der Waals surface area contributed by atoms with Gasteiger partial charge in [0.25, 0.3) is 0 Å². The van der Waals surface area contributed by atoms with Gasteiger partial charge in [-0.05, 0) is 92.5 Å². The molecule has 1 saturated carbocycles. The van der Waals surface area contributed by atoms with Crippen molar-refractivity contribution in [1.29, 1.82) is 0 Å². The Morgan fingerprint density at radius 3 is 2.47 bits per heavy atom. The van der Waals surface area contributed by atoms with Crippen molar-refractivity contribution >= 4 is 27.3 Å². The van der Waals surface area contributed by atoms with Crippen LogP contribution in [0.15, 0.2) is 76.8 Å². The number of aliphatic hydroxyl groups excluding tert-OH is 2. The Bertz CT molecular complexity index is 1710. The van der Waals surface area contributed by atoms with Gasteiger partial charge in [0.2, 0.25) is 21.7 Å². The minimum atomic E-state index is -4.18. The number of phenolic OH excluding ortho intramolecular Hbond substituents is 1. The van der Waals surface area contributed by atoms with Crippen LogP contribution in [0, 0.1) is 17.8 Å². The minimum absolute atomic E-state index is 0.00419. The van der Waals surface area contributed by atoms with E-state index in [1.165, 1.54) is 30.4 Å².